The van der Waals surface area contributed by atoms with Crippen LogP contribution in [0.5, 0.6) is 5.75 Å². The molecule has 2 rings (SSSR count). The van der Waals surface area contributed by atoms with Crippen molar-refractivity contribution >= 4 is 5.82 Å². The van der Waals surface area contributed by atoms with Crippen LogP contribution in [-0.2, 0) is 7.05 Å². The van der Waals surface area contributed by atoms with Crippen LogP contribution >= 0.6 is 0 Å². The van der Waals surface area contributed by atoms with Gasteiger partial charge in [0.2, 0.25) is 0 Å². The molecular weight excluding hydrogens is 252 g/mol. The first-order valence-electron chi connectivity index (χ1n) is 5.86. The molecule has 1 N–H and O–H groups in total. The minimum atomic E-state index is -2.83. The molecule has 102 valence electrons. The van der Waals surface area contributed by atoms with Crippen LogP contribution in [0.4, 0.5) is 14.6 Å². The Morgan fingerprint density at radius 1 is 1.26 bits per heavy atom. The van der Waals surface area contributed by atoms with Gasteiger partial charge in [0.05, 0.1) is 6.04 Å². The molecule has 0 radical (unpaired) electrons. The van der Waals surface area contributed by atoms with E-state index >= 15 is 0 Å². The summed E-state index contributed by atoms with van der Waals surface area (Å²) >= 11 is 0. The third-order valence-electron chi connectivity index (χ3n) is 2.68. The van der Waals surface area contributed by atoms with E-state index in [1.54, 1.807) is 29.1 Å². The Morgan fingerprint density at radius 2 is 2.00 bits per heavy atom. The quantitative estimate of drug-likeness (QED) is 0.904. The van der Waals surface area contributed by atoms with Crippen molar-refractivity contribution in [1.29, 1.82) is 0 Å². The Bertz CT molecular complexity index is 542. The van der Waals surface area contributed by atoms with Crippen molar-refractivity contribution in [2.24, 2.45) is 7.05 Å². The first-order chi connectivity index (χ1) is 9.06. The maximum atomic E-state index is 12.3. The Morgan fingerprint density at radius 3 is 2.63 bits per heavy atom. The van der Waals surface area contributed by atoms with Crippen LogP contribution in [0.2, 0.25) is 0 Å². The molecule has 4 nitrogen and oxygen atoms in total. The third-order valence-corrected chi connectivity index (χ3v) is 2.68. The van der Waals surface area contributed by atoms with Crippen molar-refractivity contribution in [2.45, 2.75) is 19.6 Å². The average Bonchev–Trinajstić information content (AvgIpc) is 2.74. The number of hydrogen-bond acceptors (Lipinski definition) is 3. The van der Waals surface area contributed by atoms with Crippen molar-refractivity contribution < 1.29 is 13.5 Å². The summed E-state index contributed by atoms with van der Waals surface area (Å²) < 4.78 is 30.8. The molecule has 1 unspecified atom stereocenters. The SMILES string of the molecule is CC(Nc1ccn(C)n1)c1ccccc1OC(F)F. The number of benzene rings is 1. The van der Waals surface area contributed by atoms with Gasteiger partial charge in [-0.15, -0.1) is 0 Å². The minimum Gasteiger partial charge on any atom is -0.434 e. The van der Waals surface area contributed by atoms with E-state index in [1.807, 2.05) is 20.0 Å². The summed E-state index contributed by atoms with van der Waals surface area (Å²) in [5.41, 5.74) is 0.661. The molecule has 0 saturated heterocycles. The number of alkyl halides is 2. The van der Waals surface area contributed by atoms with Crippen LogP contribution < -0.4 is 10.1 Å². The Kier molecular flexibility index (Phi) is 3.99. The number of ether oxygens (including phenoxy) is 1. The Labute approximate surface area is 110 Å². The summed E-state index contributed by atoms with van der Waals surface area (Å²) in [5.74, 6) is 0.857. The van der Waals surface area contributed by atoms with Crippen molar-refractivity contribution in [1.82, 2.24) is 9.78 Å². The summed E-state index contributed by atoms with van der Waals surface area (Å²) in [6.07, 6.45) is 1.80. The van der Waals surface area contributed by atoms with E-state index in [2.05, 4.69) is 15.2 Å². The number of aryl methyl sites for hydroxylation is 1. The molecule has 6 heteroatoms. The third kappa shape index (κ3) is 3.43. The maximum Gasteiger partial charge on any atom is 0.387 e. The van der Waals surface area contributed by atoms with E-state index in [0.717, 1.165) is 0 Å². The molecule has 1 heterocycles. The first-order valence-corrected chi connectivity index (χ1v) is 5.86. The van der Waals surface area contributed by atoms with Crippen molar-refractivity contribution in [3.8, 4) is 5.75 Å². The Hall–Kier alpha value is -2.11. The monoisotopic (exact) mass is 267 g/mol. The first kappa shape index (κ1) is 13.3. The number of rotatable bonds is 5. The molecule has 0 aliphatic heterocycles. The van der Waals surface area contributed by atoms with Crippen LogP contribution in [0, 0.1) is 0 Å². The van der Waals surface area contributed by atoms with Crippen molar-refractivity contribution in [3.05, 3.63) is 42.1 Å². The highest BCUT2D eigenvalue weighted by Crippen LogP contribution is 2.28. The molecule has 0 saturated carbocycles. The standard InChI is InChI=1S/C13H15F2N3O/c1-9(16-12-7-8-18(2)17-12)10-5-3-4-6-11(10)19-13(14)15/h3-9,13H,1-2H3,(H,16,17). The molecule has 0 amide bonds. The number of nitrogens with zero attached hydrogens (tertiary/aromatic N) is 2. The highest BCUT2D eigenvalue weighted by atomic mass is 19.3. The van der Waals surface area contributed by atoms with Crippen LogP contribution in [0.3, 0.4) is 0 Å². The zero-order chi connectivity index (χ0) is 13.8. The molecular formula is C13H15F2N3O. The van der Waals surface area contributed by atoms with Gasteiger partial charge in [0.25, 0.3) is 0 Å². The van der Waals surface area contributed by atoms with Gasteiger partial charge in [-0.25, -0.2) is 0 Å². The van der Waals surface area contributed by atoms with E-state index in [1.165, 1.54) is 6.07 Å². The fourth-order valence-electron chi connectivity index (χ4n) is 1.83. The molecule has 1 aromatic carbocycles. The summed E-state index contributed by atoms with van der Waals surface area (Å²) in [4.78, 5) is 0. The number of anilines is 1. The second kappa shape index (κ2) is 5.69. The second-order valence-electron chi connectivity index (χ2n) is 4.16. The van der Waals surface area contributed by atoms with Crippen LogP contribution in [-0.4, -0.2) is 16.4 Å². The number of aromatic nitrogens is 2. The predicted molar refractivity (Wildman–Crippen MR) is 68.3 cm³/mol. The number of para-hydroxylation sites is 1. The smallest absolute Gasteiger partial charge is 0.387 e. The summed E-state index contributed by atoms with van der Waals surface area (Å²) in [6, 6.07) is 8.34. The lowest BCUT2D eigenvalue weighted by molar-refractivity contribution is -0.0505. The van der Waals surface area contributed by atoms with Gasteiger partial charge in [-0.3, -0.25) is 4.68 Å². The van der Waals surface area contributed by atoms with Gasteiger partial charge in [0.15, 0.2) is 0 Å². The zero-order valence-corrected chi connectivity index (χ0v) is 10.7. The predicted octanol–water partition coefficient (Wildman–Crippen LogP) is 3.19. The van der Waals surface area contributed by atoms with Crippen molar-refractivity contribution in [2.75, 3.05) is 5.32 Å². The van der Waals surface area contributed by atoms with E-state index < -0.39 is 6.61 Å². The van der Waals surface area contributed by atoms with Gasteiger partial charge >= 0.3 is 6.61 Å². The van der Waals surface area contributed by atoms with Gasteiger partial charge in [-0.05, 0) is 13.0 Å². The normalized spacial score (nSPS) is 12.5. The van der Waals surface area contributed by atoms with E-state index in [9.17, 15) is 8.78 Å². The number of nitrogens with one attached hydrogen (secondary N) is 1. The van der Waals surface area contributed by atoms with Crippen molar-refractivity contribution in [3.63, 3.8) is 0 Å². The lowest BCUT2D eigenvalue weighted by Gasteiger charge is -2.17. The zero-order valence-electron chi connectivity index (χ0n) is 10.7. The molecule has 1 atom stereocenters. The summed E-state index contributed by atoms with van der Waals surface area (Å²) in [6.45, 7) is -0.967. The second-order valence-corrected chi connectivity index (χ2v) is 4.16. The van der Waals surface area contributed by atoms with Crippen LogP contribution in [0.25, 0.3) is 0 Å². The molecule has 1 aromatic heterocycles. The Balaban J connectivity index is 2.16. The fraction of sp³-hybridized carbons (Fsp3) is 0.308. The molecule has 0 fully saturated rings. The van der Waals surface area contributed by atoms with E-state index in [4.69, 9.17) is 0 Å². The lowest BCUT2D eigenvalue weighted by Crippen LogP contribution is -2.11. The molecule has 0 aliphatic rings. The summed E-state index contributed by atoms with van der Waals surface area (Å²) in [7, 11) is 1.81. The maximum absolute atomic E-state index is 12.3. The van der Waals surface area contributed by atoms with Gasteiger partial charge < -0.3 is 10.1 Å². The summed E-state index contributed by atoms with van der Waals surface area (Å²) in [5, 5.41) is 7.32. The van der Waals surface area contributed by atoms with E-state index in [-0.39, 0.29) is 11.8 Å². The van der Waals surface area contributed by atoms with Gasteiger partial charge in [-0.2, -0.15) is 13.9 Å². The largest absolute Gasteiger partial charge is 0.434 e. The topological polar surface area (TPSA) is 39.1 Å². The molecule has 0 spiro atoms. The van der Waals surface area contributed by atoms with Gasteiger partial charge in [-0.1, -0.05) is 18.2 Å². The highest BCUT2D eigenvalue weighted by molar-refractivity contribution is 5.42. The van der Waals surface area contributed by atoms with Crippen LogP contribution in [0.1, 0.15) is 18.5 Å². The lowest BCUT2D eigenvalue weighted by atomic mass is 10.1. The van der Waals surface area contributed by atoms with Gasteiger partial charge in [0.1, 0.15) is 11.6 Å². The highest BCUT2D eigenvalue weighted by Gasteiger charge is 2.14. The number of halogens is 2. The average molecular weight is 267 g/mol. The number of hydrogen-bond donors (Lipinski definition) is 1. The molecule has 2 aromatic rings. The van der Waals surface area contributed by atoms with Gasteiger partial charge in [0, 0.05) is 24.9 Å². The van der Waals surface area contributed by atoms with E-state index in [0.29, 0.717) is 11.4 Å². The fourth-order valence-corrected chi connectivity index (χ4v) is 1.83. The van der Waals surface area contributed by atoms with Crippen LogP contribution in [0.15, 0.2) is 36.5 Å². The molecule has 0 bridgehead atoms. The molecule has 19 heavy (non-hydrogen) atoms. The minimum absolute atomic E-state index is 0.174. The molecule has 0 aliphatic carbocycles.